The van der Waals surface area contributed by atoms with Crippen LogP contribution in [0.25, 0.3) is 11.1 Å². The fourth-order valence-corrected chi connectivity index (χ4v) is 5.00. The summed E-state index contributed by atoms with van der Waals surface area (Å²) in [6.07, 6.45) is -0.642. The highest BCUT2D eigenvalue weighted by Gasteiger charge is 2.37. The Bertz CT molecular complexity index is 1210. The smallest absolute Gasteiger partial charge is 0.408 e. The van der Waals surface area contributed by atoms with Gasteiger partial charge in [0, 0.05) is 24.9 Å². The Hall–Kier alpha value is -4.13. The molecule has 0 saturated carbocycles. The van der Waals surface area contributed by atoms with Crippen molar-refractivity contribution >= 4 is 18.0 Å². The largest absolute Gasteiger partial charge is 0.481 e. The maximum atomic E-state index is 13.2. The number of aliphatic carboxylic acids is 1. The minimum absolute atomic E-state index is 0.0274. The van der Waals surface area contributed by atoms with Gasteiger partial charge in [-0.15, -0.1) is 0 Å². The van der Waals surface area contributed by atoms with E-state index in [2.05, 4.69) is 29.6 Å². The number of hydrogen-bond donors (Lipinski definition) is 2. The molecule has 2 aliphatic rings. The zero-order valence-corrected chi connectivity index (χ0v) is 19.1. The normalized spacial score (nSPS) is 15.5. The van der Waals surface area contributed by atoms with Crippen LogP contribution in [0, 0.1) is 5.92 Å². The quantitative estimate of drug-likeness (QED) is 0.540. The molecule has 1 saturated heterocycles. The summed E-state index contributed by atoms with van der Waals surface area (Å²) >= 11 is 0. The lowest BCUT2D eigenvalue weighted by Gasteiger charge is -2.40. The summed E-state index contributed by atoms with van der Waals surface area (Å²) in [4.78, 5) is 38.6. The van der Waals surface area contributed by atoms with Gasteiger partial charge in [-0.05, 0) is 27.8 Å². The van der Waals surface area contributed by atoms with E-state index in [9.17, 15) is 14.4 Å². The van der Waals surface area contributed by atoms with Crippen molar-refractivity contribution in [3.8, 4) is 11.1 Å². The van der Waals surface area contributed by atoms with Gasteiger partial charge in [-0.3, -0.25) is 9.59 Å². The van der Waals surface area contributed by atoms with Gasteiger partial charge in [0.05, 0.1) is 6.42 Å². The molecule has 178 valence electrons. The zero-order valence-electron chi connectivity index (χ0n) is 19.1. The molecule has 1 atom stereocenters. The van der Waals surface area contributed by atoms with Crippen LogP contribution in [0.3, 0.4) is 0 Å². The van der Waals surface area contributed by atoms with Gasteiger partial charge in [0.2, 0.25) is 5.91 Å². The highest BCUT2D eigenvalue weighted by molar-refractivity contribution is 5.87. The average molecular weight is 471 g/mol. The third-order valence-electron chi connectivity index (χ3n) is 6.72. The van der Waals surface area contributed by atoms with Crippen LogP contribution in [-0.2, 0) is 14.3 Å². The fraction of sp³-hybridized carbons (Fsp3) is 0.250. The van der Waals surface area contributed by atoms with Crippen LogP contribution >= 0.6 is 0 Å². The fourth-order valence-electron chi connectivity index (χ4n) is 5.00. The molecule has 0 spiro atoms. The molecule has 1 aliphatic heterocycles. The first-order valence-corrected chi connectivity index (χ1v) is 11.7. The third-order valence-corrected chi connectivity index (χ3v) is 6.72. The summed E-state index contributed by atoms with van der Waals surface area (Å²) in [6, 6.07) is 24.3. The summed E-state index contributed by atoms with van der Waals surface area (Å²) in [7, 11) is 0. The van der Waals surface area contributed by atoms with Crippen molar-refractivity contribution in [2.24, 2.45) is 5.92 Å². The summed E-state index contributed by atoms with van der Waals surface area (Å²) < 4.78 is 5.65. The average Bonchev–Trinajstić information content (AvgIpc) is 3.17. The van der Waals surface area contributed by atoms with E-state index < -0.39 is 18.1 Å². The number of hydrogen-bond acceptors (Lipinski definition) is 4. The highest BCUT2D eigenvalue weighted by atomic mass is 16.5. The number of alkyl carbamates (subject to hydrolysis) is 1. The minimum atomic E-state index is -0.905. The van der Waals surface area contributed by atoms with Crippen molar-refractivity contribution in [3.05, 3.63) is 95.6 Å². The molecular weight excluding hydrogens is 444 g/mol. The van der Waals surface area contributed by atoms with Crippen molar-refractivity contribution < 1.29 is 24.2 Å². The maximum absolute atomic E-state index is 13.2. The van der Waals surface area contributed by atoms with Gasteiger partial charge < -0.3 is 20.1 Å². The molecule has 7 heteroatoms. The number of carbonyl (C=O) groups excluding carboxylic acids is 2. The lowest BCUT2D eigenvalue weighted by atomic mass is 9.94. The van der Waals surface area contributed by atoms with Gasteiger partial charge in [-0.2, -0.15) is 0 Å². The number of likely N-dealkylation sites (tertiary alicyclic amines) is 1. The second-order valence-corrected chi connectivity index (χ2v) is 9.02. The SMILES string of the molecule is O=C(O)CC1CN(C(=O)[C@@H](NC(=O)OCC2c3ccccc3-c3ccccc32)c2ccccc2)C1. The molecule has 0 unspecified atom stereocenters. The molecule has 1 aliphatic carbocycles. The molecule has 0 radical (unpaired) electrons. The van der Waals surface area contributed by atoms with Crippen molar-refractivity contribution in [3.63, 3.8) is 0 Å². The van der Waals surface area contributed by atoms with E-state index in [1.807, 2.05) is 30.3 Å². The van der Waals surface area contributed by atoms with Crippen LogP contribution < -0.4 is 5.32 Å². The van der Waals surface area contributed by atoms with E-state index in [4.69, 9.17) is 9.84 Å². The first-order chi connectivity index (χ1) is 17.0. The van der Waals surface area contributed by atoms with Crippen molar-refractivity contribution in [2.45, 2.75) is 18.4 Å². The Labute approximate surface area is 203 Å². The first kappa shape index (κ1) is 22.7. The summed E-state index contributed by atoms with van der Waals surface area (Å²) in [6.45, 7) is 0.877. The second kappa shape index (κ2) is 9.62. The molecule has 3 aromatic rings. The van der Waals surface area contributed by atoms with E-state index in [1.165, 1.54) is 0 Å². The molecule has 1 fully saturated rings. The van der Waals surface area contributed by atoms with Crippen molar-refractivity contribution in [1.82, 2.24) is 10.2 Å². The van der Waals surface area contributed by atoms with Gasteiger partial charge in [0.15, 0.2) is 0 Å². The minimum Gasteiger partial charge on any atom is -0.481 e. The van der Waals surface area contributed by atoms with Gasteiger partial charge in [0.1, 0.15) is 12.6 Å². The number of nitrogens with one attached hydrogen (secondary N) is 1. The van der Waals surface area contributed by atoms with E-state index in [1.54, 1.807) is 29.2 Å². The lowest BCUT2D eigenvalue weighted by Crippen LogP contribution is -2.54. The highest BCUT2D eigenvalue weighted by Crippen LogP contribution is 2.44. The van der Waals surface area contributed by atoms with Gasteiger partial charge in [0.25, 0.3) is 0 Å². The molecule has 35 heavy (non-hydrogen) atoms. The number of benzene rings is 3. The molecule has 7 nitrogen and oxygen atoms in total. The van der Waals surface area contributed by atoms with Crippen LogP contribution in [0.2, 0.25) is 0 Å². The molecule has 0 bridgehead atoms. The first-order valence-electron chi connectivity index (χ1n) is 11.7. The van der Waals surface area contributed by atoms with Crippen LogP contribution in [0.4, 0.5) is 4.79 Å². The van der Waals surface area contributed by atoms with Crippen LogP contribution in [0.5, 0.6) is 0 Å². The molecular formula is C28H26N2O5. The number of ether oxygens (including phenoxy) is 1. The number of carboxylic acid groups (broad SMARTS) is 1. The molecule has 2 amide bonds. The number of nitrogens with zero attached hydrogens (tertiary/aromatic N) is 1. The Morgan fingerprint density at radius 1 is 0.886 bits per heavy atom. The van der Waals surface area contributed by atoms with Crippen LogP contribution in [0.15, 0.2) is 78.9 Å². The van der Waals surface area contributed by atoms with Gasteiger partial charge >= 0.3 is 12.1 Å². The maximum Gasteiger partial charge on any atom is 0.408 e. The van der Waals surface area contributed by atoms with E-state index >= 15 is 0 Å². The van der Waals surface area contributed by atoms with E-state index in [0.29, 0.717) is 18.7 Å². The standard InChI is InChI=1S/C28H26N2O5/c31-25(32)14-18-15-30(16-18)27(33)26(19-8-2-1-3-9-19)29-28(34)35-17-24-22-12-6-4-10-20(22)21-11-5-7-13-23(21)24/h1-13,18,24,26H,14-17H2,(H,29,34)(H,31,32)/t26-/m0/s1. The molecule has 3 aromatic carbocycles. The Morgan fingerprint density at radius 2 is 1.46 bits per heavy atom. The Morgan fingerprint density at radius 3 is 2.06 bits per heavy atom. The summed E-state index contributed by atoms with van der Waals surface area (Å²) in [5.74, 6) is -1.29. The monoisotopic (exact) mass is 470 g/mol. The molecule has 2 N–H and O–H groups in total. The topological polar surface area (TPSA) is 95.9 Å². The Kier molecular flexibility index (Phi) is 6.23. The number of rotatable bonds is 7. The number of fused-ring (bicyclic) bond motifs is 3. The second-order valence-electron chi connectivity index (χ2n) is 9.02. The predicted octanol–water partition coefficient (Wildman–Crippen LogP) is 4.20. The summed E-state index contributed by atoms with van der Waals surface area (Å²) in [5, 5.41) is 11.7. The summed E-state index contributed by atoms with van der Waals surface area (Å²) in [5.41, 5.74) is 5.16. The molecule has 1 heterocycles. The number of carboxylic acids is 1. The van der Waals surface area contributed by atoms with Crippen molar-refractivity contribution in [1.29, 1.82) is 0 Å². The predicted molar refractivity (Wildman–Crippen MR) is 130 cm³/mol. The van der Waals surface area contributed by atoms with Gasteiger partial charge in [-0.1, -0.05) is 78.9 Å². The number of carbonyl (C=O) groups is 3. The van der Waals surface area contributed by atoms with E-state index in [-0.39, 0.29) is 30.8 Å². The number of amides is 2. The van der Waals surface area contributed by atoms with E-state index in [0.717, 1.165) is 22.3 Å². The van der Waals surface area contributed by atoms with Crippen LogP contribution in [0.1, 0.15) is 35.1 Å². The Balaban J connectivity index is 1.27. The van der Waals surface area contributed by atoms with Gasteiger partial charge in [-0.25, -0.2) is 4.79 Å². The molecule has 0 aromatic heterocycles. The van der Waals surface area contributed by atoms with Crippen molar-refractivity contribution in [2.75, 3.05) is 19.7 Å². The van der Waals surface area contributed by atoms with Crippen LogP contribution in [-0.4, -0.2) is 47.7 Å². The third kappa shape index (κ3) is 4.62. The molecule has 5 rings (SSSR count). The zero-order chi connectivity index (χ0) is 24.4. The lowest BCUT2D eigenvalue weighted by molar-refractivity contribution is -0.146.